The number of aliphatic hydroxyl groups excluding tert-OH is 1. The lowest BCUT2D eigenvalue weighted by molar-refractivity contribution is 0.143. The molecule has 0 aromatic heterocycles. The molecule has 0 saturated carbocycles. The quantitative estimate of drug-likeness (QED) is 0.946. The summed E-state index contributed by atoms with van der Waals surface area (Å²) in [5.41, 5.74) is 1.84. The highest BCUT2D eigenvalue weighted by Crippen LogP contribution is 2.36. The number of hydrogen-bond acceptors (Lipinski definition) is 3. The van der Waals surface area contributed by atoms with Gasteiger partial charge in [0.05, 0.1) is 17.0 Å². The van der Waals surface area contributed by atoms with E-state index in [2.05, 4.69) is 0 Å². The predicted octanol–water partition coefficient (Wildman–Crippen LogP) is 2.49. The molecule has 1 heterocycles. The molecule has 1 saturated heterocycles. The van der Waals surface area contributed by atoms with Crippen LogP contribution in [0.5, 0.6) is 0 Å². The molecule has 2 aromatic carbocycles. The average Bonchev–Trinajstić information content (AvgIpc) is 2.91. The van der Waals surface area contributed by atoms with Gasteiger partial charge in [0.15, 0.2) is 0 Å². The van der Waals surface area contributed by atoms with E-state index in [1.165, 1.54) is 4.31 Å². The van der Waals surface area contributed by atoms with Crippen molar-refractivity contribution in [1.29, 1.82) is 0 Å². The van der Waals surface area contributed by atoms with E-state index in [4.69, 9.17) is 0 Å². The van der Waals surface area contributed by atoms with Crippen molar-refractivity contribution >= 4 is 10.0 Å². The Balaban J connectivity index is 2.00. The van der Waals surface area contributed by atoms with E-state index in [-0.39, 0.29) is 4.90 Å². The van der Waals surface area contributed by atoms with E-state index in [0.717, 1.165) is 11.1 Å². The molecule has 5 heteroatoms. The van der Waals surface area contributed by atoms with Crippen LogP contribution in [0.3, 0.4) is 0 Å². The molecule has 0 spiro atoms. The monoisotopic (exact) mass is 317 g/mol. The zero-order valence-electron chi connectivity index (χ0n) is 12.4. The minimum atomic E-state index is -3.61. The molecule has 22 heavy (non-hydrogen) atoms. The van der Waals surface area contributed by atoms with Crippen molar-refractivity contribution in [2.45, 2.75) is 30.4 Å². The van der Waals surface area contributed by atoms with Crippen molar-refractivity contribution in [3.8, 4) is 0 Å². The Hall–Kier alpha value is -1.69. The fourth-order valence-electron chi connectivity index (χ4n) is 2.90. The predicted molar refractivity (Wildman–Crippen MR) is 84.9 cm³/mol. The van der Waals surface area contributed by atoms with E-state index < -0.39 is 22.2 Å². The number of nitrogens with zero attached hydrogens (tertiary/aromatic N) is 1. The van der Waals surface area contributed by atoms with Crippen LogP contribution in [0.2, 0.25) is 0 Å². The van der Waals surface area contributed by atoms with Gasteiger partial charge < -0.3 is 5.11 Å². The third-order valence-electron chi connectivity index (χ3n) is 4.09. The van der Waals surface area contributed by atoms with Gasteiger partial charge in [0.25, 0.3) is 0 Å². The zero-order valence-corrected chi connectivity index (χ0v) is 13.2. The molecule has 0 amide bonds. The number of aryl methyl sites for hydroxylation is 1. The number of sulfonamides is 1. The first-order valence-corrected chi connectivity index (χ1v) is 8.76. The fraction of sp³-hybridized carbons (Fsp3) is 0.294. The third kappa shape index (κ3) is 2.67. The summed E-state index contributed by atoms with van der Waals surface area (Å²) in [6.07, 6.45) is -0.229. The molecular formula is C17H19NO3S. The largest absolute Gasteiger partial charge is 0.391 e. The van der Waals surface area contributed by atoms with Crippen LogP contribution in [0, 0.1) is 6.92 Å². The van der Waals surface area contributed by atoms with Gasteiger partial charge in [-0.3, -0.25) is 0 Å². The summed E-state index contributed by atoms with van der Waals surface area (Å²) in [6, 6.07) is 15.6. The van der Waals surface area contributed by atoms with Gasteiger partial charge in [-0.2, -0.15) is 4.31 Å². The minimum absolute atomic E-state index is 0.271. The Bertz CT molecular complexity index is 741. The van der Waals surface area contributed by atoms with Crippen LogP contribution in [-0.2, 0) is 10.0 Å². The maximum Gasteiger partial charge on any atom is 0.243 e. The van der Waals surface area contributed by atoms with Crippen LogP contribution < -0.4 is 0 Å². The second-order valence-corrected chi connectivity index (χ2v) is 7.53. The summed E-state index contributed by atoms with van der Waals surface area (Å²) in [7, 11) is -3.61. The SMILES string of the molecule is Cc1ccc(S(=O)(=O)N2CC[C@H](O)[C@H]2c2ccccc2)cc1. The van der Waals surface area contributed by atoms with Gasteiger partial charge in [-0.25, -0.2) is 8.42 Å². The minimum Gasteiger partial charge on any atom is -0.391 e. The van der Waals surface area contributed by atoms with Gasteiger partial charge in [0.1, 0.15) is 0 Å². The molecule has 0 radical (unpaired) electrons. The van der Waals surface area contributed by atoms with Gasteiger partial charge >= 0.3 is 0 Å². The molecule has 2 aromatic rings. The smallest absolute Gasteiger partial charge is 0.243 e. The van der Waals surface area contributed by atoms with Gasteiger partial charge in [-0.15, -0.1) is 0 Å². The van der Waals surface area contributed by atoms with E-state index in [0.29, 0.717) is 13.0 Å². The molecule has 2 atom stereocenters. The molecule has 116 valence electrons. The van der Waals surface area contributed by atoms with Gasteiger partial charge in [-0.1, -0.05) is 48.0 Å². The van der Waals surface area contributed by atoms with Crippen molar-refractivity contribution in [3.63, 3.8) is 0 Å². The van der Waals surface area contributed by atoms with Crippen molar-refractivity contribution in [1.82, 2.24) is 4.31 Å². The molecular weight excluding hydrogens is 298 g/mol. The summed E-state index contributed by atoms with van der Waals surface area (Å²) in [6.45, 7) is 2.25. The van der Waals surface area contributed by atoms with Crippen molar-refractivity contribution in [2.24, 2.45) is 0 Å². The van der Waals surface area contributed by atoms with Gasteiger partial charge in [0, 0.05) is 6.54 Å². The van der Waals surface area contributed by atoms with Crippen molar-refractivity contribution < 1.29 is 13.5 Å². The lowest BCUT2D eigenvalue weighted by atomic mass is 10.0. The highest BCUT2D eigenvalue weighted by molar-refractivity contribution is 7.89. The molecule has 1 aliphatic rings. The Labute approximate surface area is 131 Å². The number of benzene rings is 2. The van der Waals surface area contributed by atoms with Crippen LogP contribution in [0.1, 0.15) is 23.6 Å². The normalized spacial score (nSPS) is 22.8. The Morgan fingerprint density at radius 3 is 2.32 bits per heavy atom. The summed E-state index contributed by atoms with van der Waals surface area (Å²) >= 11 is 0. The maximum atomic E-state index is 12.9. The molecule has 1 N–H and O–H groups in total. The molecule has 4 nitrogen and oxygen atoms in total. The van der Waals surface area contributed by atoms with E-state index in [9.17, 15) is 13.5 Å². The summed E-state index contributed by atoms with van der Waals surface area (Å²) < 4.78 is 27.2. The van der Waals surface area contributed by atoms with Crippen molar-refractivity contribution in [2.75, 3.05) is 6.54 Å². The second-order valence-electron chi connectivity index (χ2n) is 5.64. The molecule has 1 aliphatic heterocycles. The summed E-state index contributed by atoms with van der Waals surface area (Å²) in [5.74, 6) is 0. The molecule has 1 fully saturated rings. The van der Waals surface area contributed by atoms with E-state index in [1.54, 1.807) is 24.3 Å². The Morgan fingerprint density at radius 2 is 1.68 bits per heavy atom. The zero-order chi connectivity index (χ0) is 15.7. The third-order valence-corrected chi connectivity index (χ3v) is 5.98. The number of hydrogen-bond donors (Lipinski definition) is 1. The molecule has 0 aliphatic carbocycles. The topological polar surface area (TPSA) is 57.6 Å². The first kappa shape index (κ1) is 15.2. The van der Waals surface area contributed by atoms with E-state index in [1.807, 2.05) is 37.3 Å². The number of rotatable bonds is 3. The number of aliphatic hydroxyl groups is 1. The van der Waals surface area contributed by atoms with Crippen molar-refractivity contribution in [3.05, 3.63) is 65.7 Å². The lowest BCUT2D eigenvalue weighted by Crippen LogP contribution is -2.33. The summed E-state index contributed by atoms with van der Waals surface area (Å²) in [4.78, 5) is 0.271. The highest BCUT2D eigenvalue weighted by Gasteiger charge is 2.41. The van der Waals surface area contributed by atoms with Crippen LogP contribution in [0.25, 0.3) is 0 Å². The molecule has 0 bridgehead atoms. The van der Waals surface area contributed by atoms with Crippen LogP contribution in [0.4, 0.5) is 0 Å². The van der Waals surface area contributed by atoms with Crippen LogP contribution in [-0.4, -0.2) is 30.5 Å². The molecule has 3 rings (SSSR count). The van der Waals surface area contributed by atoms with Crippen LogP contribution >= 0.6 is 0 Å². The van der Waals surface area contributed by atoms with Gasteiger partial charge in [0.2, 0.25) is 10.0 Å². The lowest BCUT2D eigenvalue weighted by Gasteiger charge is -2.26. The first-order chi connectivity index (χ1) is 10.5. The Morgan fingerprint density at radius 1 is 1.05 bits per heavy atom. The van der Waals surface area contributed by atoms with Crippen LogP contribution in [0.15, 0.2) is 59.5 Å². The van der Waals surface area contributed by atoms with E-state index >= 15 is 0 Å². The maximum absolute atomic E-state index is 12.9. The fourth-order valence-corrected chi connectivity index (χ4v) is 4.56. The summed E-state index contributed by atoms with van der Waals surface area (Å²) in [5, 5.41) is 10.3. The standard InChI is InChI=1S/C17H19NO3S/c1-13-7-9-15(10-8-13)22(20,21)18-12-11-16(19)17(18)14-5-3-2-4-6-14/h2-10,16-17,19H,11-12H2,1H3/t16-,17+/m0/s1. The molecule has 0 unspecified atom stereocenters. The first-order valence-electron chi connectivity index (χ1n) is 7.31. The second kappa shape index (κ2) is 5.83. The van der Waals surface area contributed by atoms with Gasteiger partial charge in [-0.05, 0) is 31.0 Å². The average molecular weight is 317 g/mol. The highest BCUT2D eigenvalue weighted by atomic mass is 32.2. The Kier molecular flexibility index (Phi) is 4.04.